The fourth-order valence-corrected chi connectivity index (χ4v) is 2.39. The van der Waals surface area contributed by atoms with Crippen LogP contribution < -0.4 is 11.1 Å². The standard InChI is InChI=1S/C15H11BrFN3/c16-9-5-6-11(17)14(7-9)20-15-10-3-1-2-4-13(10)19-8-12(15)18/h1-8H,18H2,(H,19,20). The highest BCUT2D eigenvalue weighted by molar-refractivity contribution is 9.10. The molecule has 0 unspecified atom stereocenters. The first-order valence-corrected chi connectivity index (χ1v) is 6.80. The molecule has 0 aliphatic carbocycles. The lowest BCUT2D eigenvalue weighted by atomic mass is 10.1. The van der Waals surface area contributed by atoms with E-state index in [0.717, 1.165) is 15.4 Å². The van der Waals surface area contributed by atoms with Crippen molar-refractivity contribution < 1.29 is 4.39 Å². The minimum atomic E-state index is -0.339. The van der Waals surface area contributed by atoms with Crippen LogP contribution in [0.5, 0.6) is 0 Å². The van der Waals surface area contributed by atoms with E-state index in [0.29, 0.717) is 17.1 Å². The van der Waals surface area contributed by atoms with E-state index in [-0.39, 0.29) is 5.82 Å². The number of pyridine rings is 1. The van der Waals surface area contributed by atoms with Crippen LogP contribution in [0.15, 0.2) is 53.1 Å². The normalized spacial score (nSPS) is 10.7. The lowest BCUT2D eigenvalue weighted by molar-refractivity contribution is 0.631. The number of nitrogens with zero attached hydrogens (tertiary/aromatic N) is 1. The number of benzene rings is 2. The summed E-state index contributed by atoms with van der Waals surface area (Å²) in [6, 6.07) is 12.3. The molecule has 3 N–H and O–H groups in total. The Balaban J connectivity index is 2.15. The number of para-hydroxylation sites is 1. The molecule has 0 spiro atoms. The molecule has 3 aromatic rings. The van der Waals surface area contributed by atoms with Gasteiger partial charge in [-0.3, -0.25) is 4.98 Å². The van der Waals surface area contributed by atoms with Crippen LogP contribution in [0.3, 0.4) is 0 Å². The molecule has 5 heteroatoms. The third kappa shape index (κ3) is 2.32. The maximum Gasteiger partial charge on any atom is 0.146 e. The first kappa shape index (κ1) is 12.9. The maximum atomic E-state index is 13.8. The SMILES string of the molecule is Nc1cnc2ccccc2c1Nc1cc(Br)ccc1F. The van der Waals surface area contributed by atoms with Crippen molar-refractivity contribution in [3.8, 4) is 0 Å². The zero-order chi connectivity index (χ0) is 14.1. The highest BCUT2D eigenvalue weighted by atomic mass is 79.9. The fourth-order valence-electron chi connectivity index (χ4n) is 2.02. The number of nitrogen functional groups attached to an aromatic ring is 1. The second kappa shape index (κ2) is 5.09. The molecule has 0 amide bonds. The molecule has 3 rings (SSSR count). The van der Waals surface area contributed by atoms with Crippen molar-refractivity contribution in [2.75, 3.05) is 11.1 Å². The number of aromatic nitrogens is 1. The lowest BCUT2D eigenvalue weighted by Gasteiger charge is -2.13. The predicted octanol–water partition coefficient (Wildman–Crippen LogP) is 4.46. The summed E-state index contributed by atoms with van der Waals surface area (Å²) in [7, 11) is 0. The number of fused-ring (bicyclic) bond motifs is 1. The molecule has 0 aliphatic rings. The van der Waals surface area contributed by atoms with Gasteiger partial charge < -0.3 is 11.1 Å². The van der Waals surface area contributed by atoms with E-state index in [9.17, 15) is 4.39 Å². The van der Waals surface area contributed by atoms with Crippen LogP contribution in [0.4, 0.5) is 21.5 Å². The van der Waals surface area contributed by atoms with Gasteiger partial charge in [0.25, 0.3) is 0 Å². The number of anilines is 3. The van der Waals surface area contributed by atoms with Crippen molar-refractivity contribution in [2.45, 2.75) is 0 Å². The smallest absolute Gasteiger partial charge is 0.146 e. The van der Waals surface area contributed by atoms with E-state index < -0.39 is 0 Å². The number of hydrogen-bond donors (Lipinski definition) is 2. The van der Waals surface area contributed by atoms with E-state index in [2.05, 4.69) is 26.2 Å². The van der Waals surface area contributed by atoms with Crippen LogP contribution in [-0.4, -0.2) is 4.98 Å². The van der Waals surface area contributed by atoms with Crippen molar-refractivity contribution in [1.29, 1.82) is 0 Å². The summed E-state index contributed by atoms with van der Waals surface area (Å²) in [6.45, 7) is 0. The molecule has 0 saturated heterocycles. The highest BCUT2D eigenvalue weighted by Gasteiger charge is 2.09. The van der Waals surface area contributed by atoms with Crippen molar-refractivity contribution in [3.05, 3.63) is 59.0 Å². The summed E-state index contributed by atoms with van der Waals surface area (Å²) in [4.78, 5) is 4.25. The Morgan fingerprint density at radius 3 is 2.80 bits per heavy atom. The van der Waals surface area contributed by atoms with Gasteiger partial charge in [0.05, 0.1) is 28.8 Å². The van der Waals surface area contributed by atoms with Gasteiger partial charge in [0.15, 0.2) is 0 Å². The van der Waals surface area contributed by atoms with E-state index in [1.165, 1.54) is 6.07 Å². The first-order valence-electron chi connectivity index (χ1n) is 6.00. The van der Waals surface area contributed by atoms with E-state index >= 15 is 0 Å². The molecule has 1 aromatic heterocycles. The summed E-state index contributed by atoms with van der Waals surface area (Å²) in [5, 5.41) is 3.91. The van der Waals surface area contributed by atoms with Gasteiger partial charge >= 0.3 is 0 Å². The van der Waals surface area contributed by atoms with Crippen LogP contribution in [0, 0.1) is 5.82 Å². The first-order chi connectivity index (χ1) is 9.65. The van der Waals surface area contributed by atoms with Crippen molar-refractivity contribution in [1.82, 2.24) is 4.98 Å². The van der Waals surface area contributed by atoms with E-state index in [1.54, 1.807) is 18.3 Å². The monoisotopic (exact) mass is 331 g/mol. The molecule has 0 fully saturated rings. The number of nitrogens with two attached hydrogens (primary N) is 1. The van der Waals surface area contributed by atoms with Gasteiger partial charge in [-0.1, -0.05) is 34.1 Å². The summed E-state index contributed by atoms with van der Waals surface area (Å²) in [5.41, 5.74) is 8.27. The third-order valence-electron chi connectivity index (χ3n) is 2.99. The molecule has 0 aliphatic heterocycles. The quantitative estimate of drug-likeness (QED) is 0.728. The summed E-state index contributed by atoms with van der Waals surface area (Å²) < 4.78 is 14.6. The van der Waals surface area contributed by atoms with Crippen LogP contribution >= 0.6 is 15.9 Å². The molecule has 2 aromatic carbocycles. The number of rotatable bonds is 2. The molecule has 0 saturated carbocycles. The van der Waals surface area contributed by atoms with Crippen LogP contribution in [0.2, 0.25) is 0 Å². The molecule has 20 heavy (non-hydrogen) atoms. The van der Waals surface area contributed by atoms with Gasteiger partial charge in [-0.05, 0) is 24.3 Å². The van der Waals surface area contributed by atoms with E-state index in [4.69, 9.17) is 5.73 Å². The second-order valence-electron chi connectivity index (χ2n) is 4.35. The number of nitrogens with one attached hydrogen (secondary N) is 1. The van der Waals surface area contributed by atoms with Crippen LogP contribution in [-0.2, 0) is 0 Å². The van der Waals surface area contributed by atoms with Crippen LogP contribution in [0.1, 0.15) is 0 Å². The van der Waals surface area contributed by atoms with Gasteiger partial charge in [0, 0.05) is 9.86 Å². The fraction of sp³-hybridized carbons (Fsp3) is 0. The van der Waals surface area contributed by atoms with Gasteiger partial charge in [0.1, 0.15) is 5.82 Å². The Morgan fingerprint density at radius 1 is 1.15 bits per heavy atom. The number of hydrogen-bond acceptors (Lipinski definition) is 3. The predicted molar refractivity (Wildman–Crippen MR) is 83.5 cm³/mol. The Labute approximate surface area is 123 Å². The maximum absolute atomic E-state index is 13.8. The average molecular weight is 332 g/mol. The number of halogens is 2. The van der Waals surface area contributed by atoms with Crippen molar-refractivity contribution >= 4 is 43.9 Å². The van der Waals surface area contributed by atoms with Gasteiger partial charge in [-0.15, -0.1) is 0 Å². The van der Waals surface area contributed by atoms with Crippen LogP contribution in [0.25, 0.3) is 10.9 Å². The third-order valence-corrected chi connectivity index (χ3v) is 3.49. The van der Waals surface area contributed by atoms with Crippen molar-refractivity contribution in [3.63, 3.8) is 0 Å². The summed E-state index contributed by atoms with van der Waals surface area (Å²) >= 11 is 3.33. The Kier molecular flexibility index (Phi) is 3.28. The zero-order valence-corrected chi connectivity index (χ0v) is 12.0. The van der Waals surface area contributed by atoms with Gasteiger partial charge in [-0.2, -0.15) is 0 Å². The van der Waals surface area contributed by atoms with E-state index in [1.807, 2.05) is 24.3 Å². The Hall–Kier alpha value is -2.14. The summed E-state index contributed by atoms with van der Waals surface area (Å²) in [5.74, 6) is -0.339. The zero-order valence-electron chi connectivity index (χ0n) is 10.4. The lowest BCUT2D eigenvalue weighted by Crippen LogP contribution is -2.00. The molecule has 1 heterocycles. The van der Waals surface area contributed by atoms with Gasteiger partial charge in [-0.25, -0.2) is 4.39 Å². The van der Waals surface area contributed by atoms with Gasteiger partial charge in [0.2, 0.25) is 0 Å². The molecule has 100 valence electrons. The molecule has 0 radical (unpaired) electrons. The molecular formula is C15H11BrFN3. The molecule has 3 nitrogen and oxygen atoms in total. The molecule has 0 atom stereocenters. The average Bonchev–Trinajstić information content (AvgIpc) is 2.46. The second-order valence-corrected chi connectivity index (χ2v) is 5.27. The Bertz CT molecular complexity index is 789. The topological polar surface area (TPSA) is 50.9 Å². The molecule has 0 bridgehead atoms. The van der Waals surface area contributed by atoms with Crippen molar-refractivity contribution in [2.24, 2.45) is 0 Å². The summed E-state index contributed by atoms with van der Waals surface area (Å²) in [6.07, 6.45) is 1.57. The minimum absolute atomic E-state index is 0.339. The highest BCUT2D eigenvalue weighted by Crippen LogP contribution is 2.32. The minimum Gasteiger partial charge on any atom is -0.396 e. The largest absolute Gasteiger partial charge is 0.396 e. The molecular weight excluding hydrogens is 321 g/mol. The Morgan fingerprint density at radius 2 is 1.95 bits per heavy atom.